The van der Waals surface area contributed by atoms with E-state index in [2.05, 4.69) is 20.9 Å². The van der Waals surface area contributed by atoms with Gasteiger partial charge >= 0.3 is 0 Å². The van der Waals surface area contributed by atoms with Crippen molar-refractivity contribution in [2.75, 3.05) is 11.4 Å². The van der Waals surface area contributed by atoms with Gasteiger partial charge in [0.25, 0.3) is 0 Å². The van der Waals surface area contributed by atoms with Crippen molar-refractivity contribution in [1.29, 1.82) is 5.26 Å². The largest absolute Gasteiger partial charge is 0.338 e. The molecule has 5 nitrogen and oxygen atoms in total. The van der Waals surface area contributed by atoms with Gasteiger partial charge in [-0.05, 0) is 43.0 Å². The molecule has 0 spiro atoms. The fourth-order valence-corrected chi connectivity index (χ4v) is 4.45. The normalized spacial score (nSPS) is 16.6. The number of carbonyl (C=O) groups excluding carboxylic acids is 1. The zero-order valence-corrected chi connectivity index (χ0v) is 15.4. The molecule has 1 fully saturated rings. The SMILES string of the molecule is N#Cc1cnc2nc(N3CCC[C@@H]3C(=O)CCc3ccc(F)cc3)sc2c1. The van der Waals surface area contributed by atoms with Crippen molar-refractivity contribution < 1.29 is 9.18 Å². The average Bonchev–Trinajstić information content (AvgIpc) is 3.33. The van der Waals surface area contributed by atoms with Gasteiger partial charge in [-0.3, -0.25) is 4.79 Å². The molecule has 0 amide bonds. The molecule has 27 heavy (non-hydrogen) atoms. The predicted octanol–water partition coefficient (Wildman–Crippen LogP) is 3.87. The second kappa shape index (κ2) is 7.41. The number of halogens is 1. The number of ketones is 1. The van der Waals surface area contributed by atoms with Gasteiger partial charge in [0.1, 0.15) is 11.9 Å². The summed E-state index contributed by atoms with van der Waals surface area (Å²) in [6.07, 6.45) is 4.31. The van der Waals surface area contributed by atoms with Crippen molar-refractivity contribution >= 4 is 32.6 Å². The van der Waals surface area contributed by atoms with Crippen LogP contribution in [0, 0.1) is 17.1 Å². The van der Waals surface area contributed by atoms with E-state index in [1.54, 1.807) is 18.2 Å². The number of aromatic nitrogens is 2. The molecule has 4 rings (SSSR count). The summed E-state index contributed by atoms with van der Waals surface area (Å²) in [6.45, 7) is 0.790. The monoisotopic (exact) mass is 380 g/mol. The lowest BCUT2D eigenvalue weighted by molar-refractivity contribution is -0.120. The zero-order valence-electron chi connectivity index (χ0n) is 14.6. The van der Waals surface area contributed by atoms with Crippen LogP contribution in [0.25, 0.3) is 10.3 Å². The maximum Gasteiger partial charge on any atom is 0.188 e. The summed E-state index contributed by atoms with van der Waals surface area (Å²) in [5, 5.41) is 9.80. The van der Waals surface area contributed by atoms with Gasteiger partial charge in [0.05, 0.1) is 16.3 Å². The number of nitriles is 1. The van der Waals surface area contributed by atoms with E-state index in [0.717, 1.165) is 34.8 Å². The lowest BCUT2D eigenvalue weighted by atomic mass is 10.0. The quantitative estimate of drug-likeness (QED) is 0.672. The van der Waals surface area contributed by atoms with Crippen molar-refractivity contribution in [2.45, 2.75) is 31.7 Å². The third kappa shape index (κ3) is 3.67. The third-order valence-corrected chi connectivity index (χ3v) is 5.84. The minimum absolute atomic E-state index is 0.179. The molecular formula is C20H17FN4OS. The molecule has 1 atom stereocenters. The van der Waals surface area contributed by atoms with E-state index >= 15 is 0 Å². The van der Waals surface area contributed by atoms with E-state index in [1.165, 1.54) is 29.7 Å². The van der Waals surface area contributed by atoms with Crippen molar-refractivity contribution in [3.8, 4) is 6.07 Å². The standard InChI is InChI=1S/C20H17FN4OS/c21-15-6-3-13(4-7-15)5-8-17(26)16-2-1-9-25(16)20-24-19-18(27-20)10-14(11-22)12-23-19/h3-4,6-7,10,12,16H,1-2,5,8-9H2/t16-/m1/s1. The first-order chi connectivity index (χ1) is 13.1. The zero-order chi connectivity index (χ0) is 18.8. The smallest absolute Gasteiger partial charge is 0.188 e. The molecule has 0 radical (unpaired) electrons. The van der Waals surface area contributed by atoms with Crippen molar-refractivity contribution in [2.24, 2.45) is 0 Å². The molecule has 136 valence electrons. The number of pyridine rings is 1. The van der Waals surface area contributed by atoms with Gasteiger partial charge in [-0.2, -0.15) is 10.2 Å². The molecule has 0 N–H and O–H groups in total. The Morgan fingerprint density at radius 2 is 2.19 bits per heavy atom. The van der Waals surface area contributed by atoms with Gasteiger partial charge in [0.2, 0.25) is 0 Å². The Hall–Kier alpha value is -2.85. The van der Waals surface area contributed by atoms with Gasteiger partial charge in [-0.1, -0.05) is 23.5 Å². The molecule has 0 bridgehead atoms. The molecule has 0 aliphatic carbocycles. The number of fused-ring (bicyclic) bond motifs is 1. The highest BCUT2D eigenvalue weighted by atomic mass is 32.1. The molecule has 1 saturated heterocycles. The fourth-order valence-electron chi connectivity index (χ4n) is 3.41. The molecule has 1 aromatic carbocycles. The van der Waals surface area contributed by atoms with Crippen LogP contribution in [0.4, 0.5) is 9.52 Å². The number of anilines is 1. The molecule has 3 aromatic rings. The summed E-state index contributed by atoms with van der Waals surface area (Å²) < 4.78 is 13.9. The lowest BCUT2D eigenvalue weighted by Gasteiger charge is -2.22. The first-order valence-electron chi connectivity index (χ1n) is 8.84. The van der Waals surface area contributed by atoms with Crippen LogP contribution >= 0.6 is 11.3 Å². The van der Waals surface area contributed by atoms with Crippen molar-refractivity contribution in [3.05, 3.63) is 53.5 Å². The number of rotatable bonds is 5. The van der Waals surface area contributed by atoms with Crippen LogP contribution in [0.15, 0.2) is 36.5 Å². The number of Topliss-reactive ketones (excluding diaryl/α,β-unsaturated/α-hetero) is 1. The number of hydrogen-bond acceptors (Lipinski definition) is 6. The van der Waals surface area contributed by atoms with E-state index in [1.807, 2.05) is 0 Å². The van der Waals surface area contributed by atoms with E-state index < -0.39 is 0 Å². The van der Waals surface area contributed by atoms with Crippen molar-refractivity contribution in [3.63, 3.8) is 0 Å². The summed E-state index contributed by atoms with van der Waals surface area (Å²) in [7, 11) is 0. The molecule has 1 aliphatic rings. The number of thiazole rings is 1. The van der Waals surface area contributed by atoms with Gasteiger partial charge in [0.15, 0.2) is 16.6 Å². The van der Waals surface area contributed by atoms with Crippen LogP contribution < -0.4 is 4.90 Å². The Morgan fingerprint density at radius 3 is 2.96 bits per heavy atom. The highest BCUT2D eigenvalue weighted by Crippen LogP contribution is 2.33. The first-order valence-corrected chi connectivity index (χ1v) is 9.66. The molecule has 3 heterocycles. The molecule has 2 aromatic heterocycles. The maximum absolute atomic E-state index is 13.0. The van der Waals surface area contributed by atoms with Crippen LogP contribution in [0.5, 0.6) is 0 Å². The first kappa shape index (κ1) is 17.6. The summed E-state index contributed by atoms with van der Waals surface area (Å²) in [5.41, 5.74) is 2.08. The topological polar surface area (TPSA) is 69.9 Å². The summed E-state index contributed by atoms with van der Waals surface area (Å²) in [6, 6.07) is 9.98. The summed E-state index contributed by atoms with van der Waals surface area (Å²) in [5.74, 6) is -0.0854. The number of carbonyl (C=O) groups is 1. The Morgan fingerprint density at radius 1 is 1.37 bits per heavy atom. The van der Waals surface area contributed by atoms with E-state index in [9.17, 15) is 9.18 Å². The number of aryl methyl sites for hydroxylation is 1. The molecule has 1 aliphatic heterocycles. The number of benzene rings is 1. The highest BCUT2D eigenvalue weighted by molar-refractivity contribution is 7.22. The molecule has 0 unspecified atom stereocenters. The van der Waals surface area contributed by atoms with Gasteiger partial charge in [0, 0.05) is 19.2 Å². The molecule has 7 heteroatoms. The van der Waals surface area contributed by atoms with Gasteiger partial charge < -0.3 is 4.90 Å². The molecular weight excluding hydrogens is 363 g/mol. The maximum atomic E-state index is 13.0. The van der Waals surface area contributed by atoms with Crippen LogP contribution in [0.1, 0.15) is 30.4 Å². The Kier molecular flexibility index (Phi) is 4.82. The third-order valence-electron chi connectivity index (χ3n) is 4.81. The van der Waals surface area contributed by atoms with E-state index in [4.69, 9.17) is 5.26 Å². The Bertz CT molecular complexity index is 1020. The van der Waals surface area contributed by atoms with E-state index in [-0.39, 0.29) is 17.6 Å². The minimum atomic E-state index is -0.268. The highest BCUT2D eigenvalue weighted by Gasteiger charge is 2.32. The second-order valence-electron chi connectivity index (χ2n) is 6.60. The molecule has 0 saturated carbocycles. The minimum Gasteiger partial charge on any atom is -0.338 e. The average molecular weight is 380 g/mol. The van der Waals surface area contributed by atoms with E-state index in [0.29, 0.717) is 24.1 Å². The van der Waals surface area contributed by atoms with Gasteiger partial charge in [-0.15, -0.1) is 0 Å². The van der Waals surface area contributed by atoms with Crippen LogP contribution in [0.2, 0.25) is 0 Å². The van der Waals surface area contributed by atoms with Gasteiger partial charge in [-0.25, -0.2) is 9.37 Å². The van der Waals surface area contributed by atoms with Crippen LogP contribution in [-0.4, -0.2) is 28.3 Å². The number of nitrogens with zero attached hydrogens (tertiary/aromatic N) is 4. The Balaban J connectivity index is 1.49. The fraction of sp³-hybridized carbons (Fsp3) is 0.300. The summed E-state index contributed by atoms with van der Waals surface area (Å²) in [4.78, 5) is 23.6. The lowest BCUT2D eigenvalue weighted by Crippen LogP contribution is -2.36. The second-order valence-corrected chi connectivity index (χ2v) is 7.61. The summed E-state index contributed by atoms with van der Waals surface area (Å²) >= 11 is 1.47. The van der Waals surface area contributed by atoms with Crippen LogP contribution in [0.3, 0.4) is 0 Å². The number of hydrogen-bond donors (Lipinski definition) is 0. The van der Waals surface area contributed by atoms with Crippen molar-refractivity contribution in [1.82, 2.24) is 9.97 Å². The van der Waals surface area contributed by atoms with Crippen LogP contribution in [-0.2, 0) is 11.2 Å². The predicted molar refractivity (Wildman–Crippen MR) is 102 cm³/mol. The Labute approximate surface area is 160 Å².